The Kier molecular flexibility index (Phi) is 14.1. The average molecular weight is 503 g/mol. The van der Waals surface area contributed by atoms with Crippen molar-refractivity contribution in [3.63, 3.8) is 0 Å². The van der Waals surface area contributed by atoms with Crippen molar-refractivity contribution in [2.45, 2.75) is 59.8 Å². The third kappa shape index (κ3) is 9.02. The number of piperazine rings is 1. The summed E-state index contributed by atoms with van der Waals surface area (Å²) in [6.07, 6.45) is 5.88. The molecule has 2 aromatic rings. The zero-order valence-corrected chi connectivity index (χ0v) is 23.5. The number of anilines is 1. The Morgan fingerprint density at radius 1 is 1.00 bits per heavy atom. The van der Waals surface area contributed by atoms with Crippen molar-refractivity contribution in [1.29, 1.82) is 5.26 Å². The van der Waals surface area contributed by atoms with Gasteiger partial charge in [-0.1, -0.05) is 76.4 Å². The summed E-state index contributed by atoms with van der Waals surface area (Å²) in [5.41, 5.74) is 3.64. The van der Waals surface area contributed by atoms with Crippen molar-refractivity contribution in [3.8, 4) is 6.07 Å². The Labute approximate surface area is 224 Å². The summed E-state index contributed by atoms with van der Waals surface area (Å²) in [5.74, 6) is 1.16. The van der Waals surface area contributed by atoms with Crippen molar-refractivity contribution in [2.75, 3.05) is 50.7 Å². The zero-order chi connectivity index (χ0) is 26.9. The van der Waals surface area contributed by atoms with E-state index in [2.05, 4.69) is 90.1 Å². The van der Waals surface area contributed by atoms with Gasteiger partial charge in [0.15, 0.2) is 0 Å². The molecule has 0 unspecified atom stereocenters. The van der Waals surface area contributed by atoms with Gasteiger partial charge in [-0.25, -0.2) is 0 Å². The van der Waals surface area contributed by atoms with Crippen LogP contribution in [0.25, 0.3) is 10.8 Å². The molecule has 0 radical (unpaired) electrons. The summed E-state index contributed by atoms with van der Waals surface area (Å²) >= 11 is 0. The molecule has 2 aliphatic heterocycles. The van der Waals surface area contributed by atoms with E-state index in [1.807, 2.05) is 0 Å². The fourth-order valence-electron chi connectivity index (χ4n) is 4.43. The fourth-order valence-corrected chi connectivity index (χ4v) is 4.43. The Hall–Kier alpha value is -3.17. The molecule has 4 rings (SSSR count). The molecular weight excluding hydrogens is 456 g/mol. The number of rotatable bonds is 7. The second-order valence-electron chi connectivity index (χ2n) is 9.27. The SMILES string of the molecule is C=NC1=C(C(=NCCCC)N2CCNCC2)CCN(c2cccc3ccccc23)C1.CC#N.CCCC. The lowest BCUT2D eigenvalue weighted by molar-refractivity contribution is 0.355. The molecule has 2 aliphatic rings. The maximum atomic E-state index is 7.32. The lowest BCUT2D eigenvalue weighted by atomic mass is 10.0. The number of nitrogens with one attached hydrogen (secondary N) is 1. The number of amidine groups is 1. The third-order valence-electron chi connectivity index (χ3n) is 6.58. The van der Waals surface area contributed by atoms with E-state index in [9.17, 15) is 0 Å². The first kappa shape index (κ1) is 30.1. The van der Waals surface area contributed by atoms with Crippen molar-refractivity contribution < 1.29 is 0 Å². The standard InChI is InChI=1S/C25H33N5.C4H10.C2H3N/c1-3-4-13-28-25(29-17-14-27-15-18-29)22-12-16-30(19-23(22)26-2)24-11-7-9-20-8-5-6-10-21(20)24;1-3-4-2;1-2-3/h5-11,27H,2-4,12-19H2,1H3;3-4H2,1-2H3;1H3. The maximum Gasteiger partial charge on any atom is 0.128 e. The molecule has 0 spiro atoms. The van der Waals surface area contributed by atoms with E-state index in [1.165, 1.54) is 48.2 Å². The molecule has 0 amide bonds. The van der Waals surface area contributed by atoms with Crippen LogP contribution in [0.3, 0.4) is 0 Å². The van der Waals surface area contributed by atoms with Crippen molar-refractivity contribution in [1.82, 2.24) is 10.2 Å². The molecule has 0 aromatic heterocycles. The lowest BCUT2D eigenvalue weighted by Gasteiger charge is -2.36. The quantitative estimate of drug-likeness (QED) is 0.269. The van der Waals surface area contributed by atoms with Crippen LogP contribution in [0.5, 0.6) is 0 Å². The number of hydrogen-bond acceptors (Lipinski definition) is 5. The van der Waals surface area contributed by atoms with Crippen molar-refractivity contribution in [2.24, 2.45) is 9.98 Å². The molecule has 0 saturated carbocycles. The average Bonchev–Trinajstić information content (AvgIpc) is 2.96. The molecule has 6 nitrogen and oxygen atoms in total. The number of unbranched alkanes of at least 4 members (excludes halogenated alkanes) is 2. The molecule has 2 heterocycles. The molecule has 6 heteroatoms. The number of nitriles is 1. The first-order chi connectivity index (χ1) is 18.1. The van der Waals surface area contributed by atoms with E-state index in [1.54, 1.807) is 6.07 Å². The monoisotopic (exact) mass is 502 g/mol. The molecule has 200 valence electrons. The van der Waals surface area contributed by atoms with Crippen LogP contribution < -0.4 is 10.2 Å². The van der Waals surface area contributed by atoms with Gasteiger partial charge < -0.3 is 15.1 Å². The molecule has 0 aliphatic carbocycles. The highest BCUT2D eigenvalue weighted by molar-refractivity contribution is 6.00. The second-order valence-corrected chi connectivity index (χ2v) is 9.27. The molecule has 1 fully saturated rings. The topological polar surface area (TPSA) is 67.0 Å². The fraction of sp³-hybridized carbons (Fsp3) is 0.516. The van der Waals surface area contributed by atoms with Gasteiger partial charge in [-0.15, -0.1) is 0 Å². The van der Waals surface area contributed by atoms with E-state index < -0.39 is 0 Å². The predicted molar refractivity (Wildman–Crippen MR) is 161 cm³/mol. The molecule has 2 aromatic carbocycles. The number of aliphatic imine (C=N–C) groups is 2. The van der Waals surface area contributed by atoms with Crippen molar-refractivity contribution >= 4 is 29.0 Å². The molecule has 0 bridgehead atoms. The van der Waals surface area contributed by atoms with Crippen molar-refractivity contribution in [3.05, 3.63) is 53.7 Å². The van der Waals surface area contributed by atoms with Gasteiger partial charge in [-0.05, 0) is 31.0 Å². The third-order valence-corrected chi connectivity index (χ3v) is 6.58. The summed E-state index contributed by atoms with van der Waals surface area (Å²) in [4.78, 5) is 14.4. The minimum atomic E-state index is 0.783. The molecule has 1 N–H and O–H groups in total. The van der Waals surface area contributed by atoms with Gasteiger partial charge in [0.2, 0.25) is 0 Å². The minimum Gasteiger partial charge on any atom is -0.365 e. The van der Waals surface area contributed by atoms with Crippen LogP contribution in [0.4, 0.5) is 5.69 Å². The van der Waals surface area contributed by atoms with Gasteiger partial charge in [0.25, 0.3) is 0 Å². The summed E-state index contributed by atoms with van der Waals surface area (Å²) in [5, 5.41) is 13.3. The Morgan fingerprint density at radius 2 is 1.68 bits per heavy atom. The van der Waals surface area contributed by atoms with Crippen LogP contribution in [-0.2, 0) is 0 Å². The van der Waals surface area contributed by atoms with E-state index in [-0.39, 0.29) is 0 Å². The highest BCUT2D eigenvalue weighted by Gasteiger charge is 2.26. The Bertz CT molecular complexity index is 1050. The van der Waals surface area contributed by atoms with Crippen LogP contribution >= 0.6 is 0 Å². The summed E-state index contributed by atoms with van der Waals surface area (Å²) < 4.78 is 0. The number of nitrogens with zero attached hydrogens (tertiary/aromatic N) is 5. The largest absolute Gasteiger partial charge is 0.365 e. The van der Waals surface area contributed by atoms with Gasteiger partial charge in [-0.3, -0.25) is 9.98 Å². The van der Waals surface area contributed by atoms with Gasteiger partial charge in [0.05, 0.1) is 18.3 Å². The van der Waals surface area contributed by atoms with Crippen LogP contribution in [0, 0.1) is 11.3 Å². The second kappa shape index (κ2) is 17.3. The predicted octanol–water partition coefficient (Wildman–Crippen LogP) is 6.44. The first-order valence-electron chi connectivity index (χ1n) is 13.9. The summed E-state index contributed by atoms with van der Waals surface area (Å²) in [6, 6.07) is 16.9. The lowest BCUT2D eigenvalue weighted by Crippen LogP contribution is -2.48. The summed E-state index contributed by atoms with van der Waals surface area (Å²) in [6.45, 7) is 18.6. The normalized spacial score (nSPS) is 15.8. The Morgan fingerprint density at radius 3 is 2.32 bits per heavy atom. The van der Waals surface area contributed by atoms with E-state index in [4.69, 9.17) is 10.3 Å². The van der Waals surface area contributed by atoms with E-state index >= 15 is 0 Å². The van der Waals surface area contributed by atoms with Gasteiger partial charge in [0.1, 0.15) is 5.84 Å². The van der Waals surface area contributed by atoms with Crippen LogP contribution in [0.1, 0.15) is 59.8 Å². The summed E-state index contributed by atoms with van der Waals surface area (Å²) in [7, 11) is 0. The van der Waals surface area contributed by atoms with E-state index in [0.717, 1.165) is 70.2 Å². The highest BCUT2D eigenvalue weighted by atomic mass is 15.2. The molecule has 37 heavy (non-hydrogen) atoms. The van der Waals surface area contributed by atoms with Crippen LogP contribution in [0.2, 0.25) is 0 Å². The van der Waals surface area contributed by atoms with Gasteiger partial charge in [-0.2, -0.15) is 5.26 Å². The number of hydrogen-bond donors (Lipinski definition) is 1. The zero-order valence-electron chi connectivity index (χ0n) is 23.5. The molecule has 1 saturated heterocycles. The highest BCUT2D eigenvalue weighted by Crippen LogP contribution is 2.31. The minimum absolute atomic E-state index is 0.783. The Balaban J connectivity index is 0.000000616. The first-order valence-corrected chi connectivity index (χ1v) is 13.9. The van der Waals surface area contributed by atoms with Crippen LogP contribution in [-0.4, -0.2) is 63.3 Å². The molecule has 0 atom stereocenters. The van der Waals surface area contributed by atoms with Crippen LogP contribution in [0.15, 0.2) is 63.7 Å². The number of benzene rings is 2. The number of fused-ring (bicyclic) bond motifs is 1. The smallest absolute Gasteiger partial charge is 0.128 e. The van der Waals surface area contributed by atoms with Gasteiger partial charge in [0, 0.05) is 62.8 Å². The van der Waals surface area contributed by atoms with Gasteiger partial charge >= 0.3 is 0 Å². The molecular formula is C31H46N6. The van der Waals surface area contributed by atoms with E-state index in [0.29, 0.717) is 0 Å². The maximum absolute atomic E-state index is 7.32.